The Morgan fingerprint density at radius 2 is 1.75 bits per heavy atom. The fraction of sp³-hybridized carbons (Fsp3) is 0.348. The van der Waals surface area contributed by atoms with Crippen molar-refractivity contribution in [1.29, 1.82) is 0 Å². The summed E-state index contributed by atoms with van der Waals surface area (Å²) in [6.07, 6.45) is -4.33. The Morgan fingerprint density at radius 1 is 1.00 bits per heavy atom. The molecule has 1 saturated heterocycles. The van der Waals surface area contributed by atoms with Gasteiger partial charge in [0.15, 0.2) is 11.5 Å². The van der Waals surface area contributed by atoms with Crippen LogP contribution in [0.15, 0.2) is 47.8 Å². The molecular weight excluding hydrogens is 439 g/mol. The van der Waals surface area contributed by atoms with Crippen LogP contribution in [0.3, 0.4) is 0 Å². The van der Waals surface area contributed by atoms with Crippen molar-refractivity contribution >= 4 is 17.0 Å². The third kappa shape index (κ3) is 4.83. The quantitative estimate of drug-likeness (QED) is 0.504. The van der Waals surface area contributed by atoms with Gasteiger partial charge in [-0.15, -0.1) is 11.3 Å². The van der Waals surface area contributed by atoms with E-state index in [2.05, 4.69) is 4.90 Å². The van der Waals surface area contributed by atoms with Gasteiger partial charge in [-0.05, 0) is 30.3 Å². The Hall–Kier alpha value is -2.78. The monoisotopic (exact) mass is 463 g/mol. The summed E-state index contributed by atoms with van der Waals surface area (Å²) in [5.41, 5.74) is 1.85. The van der Waals surface area contributed by atoms with E-state index in [9.17, 15) is 13.2 Å². The van der Waals surface area contributed by atoms with Crippen molar-refractivity contribution in [2.45, 2.75) is 12.7 Å². The van der Waals surface area contributed by atoms with Crippen molar-refractivity contribution in [2.24, 2.45) is 0 Å². The van der Waals surface area contributed by atoms with Gasteiger partial charge in [0.25, 0.3) is 0 Å². The van der Waals surface area contributed by atoms with Gasteiger partial charge >= 0.3 is 6.18 Å². The number of ether oxygens (including phenoxy) is 2. The summed E-state index contributed by atoms with van der Waals surface area (Å²) in [6, 6.07) is 11.2. The zero-order valence-electron chi connectivity index (χ0n) is 17.9. The summed E-state index contributed by atoms with van der Waals surface area (Å²) in [4.78, 5) is 9.05. The van der Waals surface area contributed by atoms with Gasteiger partial charge in [-0.2, -0.15) is 13.2 Å². The van der Waals surface area contributed by atoms with Crippen LogP contribution < -0.4 is 14.4 Å². The summed E-state index contributed by atoms with van der Waals surface area (Å²) in [6.45, 7) is 3.54. The van der Waals surface area contributed by atoms with E-state index in [1.54, 1.807) is 31.6 Å². The molecule has 2 aromatic carbocycles. The number of benzene rings is 2. The van der Waals surface area contributed by atoms with Gasteiger partial charge in [0.05, 0.1) is 31.0 Å². The van der Waals surface area contributed by atoms with Crippen LogP contribution in [-0.4, -0.2) is 50.3 Å². The molecule has 9 heteroatoms. The molecule has 3 aromatic rings. The first-order chi connectivity index (χ1) is 15.4. The highest BCUT2D eigenvalue weighted by atomic mass is 32.1. The predicted octanol–water partition coefficient (Wildman–Crippen LogP) is 5.17. The van der Waals surface area contributed by atoms with Gasteiger partial charge in [0, 0.05) is 43.8 Å². The molecule has 5 nitrogen and oxygen atoms in total. The standard InChI is InChI=1S/C23H24F3N3O2S/c1-30-20-8-4-7-19(21(20)31-2)22-27-17(15-32-22)14-28-9-11-29(12-10-28)18-6-3-5-16(13-18)23(24,25)26/h3-8,13,15H,9-12,14H2,1-2H3. The molecular formula is C23H24F3N3O2S. The van der Waals surface area contributed by atoms with Gasteiger partial charge < -0.3 is 14.4 Å². The first-order valence-electron chi connectivity index (χ1n) is 10.2. The van der Waals surface area contributed by atoms with E-state index >= 15 is 0 Å². The van der Waals surface area contributed by atoms with Crippen molar-refractivity contribution in [3.8, 4) is 22.1 Å². The summed E-state index contributed by atoms with van der Waals surface area (Å²) < 4.78 is 49.9. The van der Waals surface area contributed by atoms with Crippen molar-refractivity contribution < 1.29 is 22.6 Å². The molecule has 1 fully saturated rings. The van der Waals surface area contributed by atoms with Crippen molar-refractivity contribution in [1.82, 2.24) is 9.88 Å². The summed E-state index contributed by atoms with van der Waals surface area (Å²) in [5.74, 6) is 1.32. The molecule has 0 spiro atoms. The molecule has 0 amide bonds. The highest BCUT2D eigenvalue weighted by Gasteiger charge is 2.31. The van der Waals surface area contributed by atoms with Crippen LogP contribution in [0.25, 0.3) is 10.6 Å². The van der Waals surface area contributed by atoms with Crippen molar-refractivity contribution in [2.75, 3.05) is 45.3 Å². The Balaban J connectivity index is 1.40. The number of aromatic nitrogens is 1. The molecule has 0 N–H and O–H groups in total. The van der Waals surface area contributed by atoms with Crippen LogP contribution in [0.4, 0.5) is 18.9 Å². The number of nitrogens with zero attached hydrogens (tertiary/aromatic N) is 3. The first kappa shape index (κ1) is 22.4. The van der Waals surface area contributed by atoms with Gasteiger partial charge in [0.2, 0.25) is 0 Å². The molecule has 32 heavy (non-hydrogen) atoms. The molecule has 2 heterocycles. The lowest BCUT2D eigenvalue weighted by Gasteiger charge is -2.36. The van der Waals surface area contributed by atoms with Crippen molar-refractivity contribution in [3.05, 3.63) is 59.1 Å². The Bertz CT molecular complexity index is 1060. The number of alkyl halides is 3. The van der Waals surface area contributed by atoms with E-state index in [-0.39, 0.29) is 0 Å². The number of rotatable bonds is 6. The number of anilines is 1. The Kier molecular flexibility index (Phi) is 6.57. The number of para-hydroxylation sites is 1. The van der Waals surface area contributed by atoms with Crippen LogP contribution in [-0.2, 0) is 12.7 Å². The lowest BCUT2D eigenvalue weighted by atomic mass is 10.1. The molecule has 0 saturated carbocycles. The average Bonchev–Trinajstić information content (AvgIpc) is 3.26. The van der Waals surface area contributed by atoms with Gasteiger partial charge in [0.1, 0.15) is 5.01 Å². The minimum atomic E-state index is -4.33. The van der Waals surface area contributed by atoms with Crippen LogP contribution in [0, 0.1) is 0 Å². The van der Waals surface area contributed by atoms with Gasteiger partial charge in [-0.3, -0.25) is 4.90 Å². The number of thiazole rings is 1. The van der Waals surface area contributed by atoms with E-state index in [0.717, 1.165) is 35.4 Å². The van der Waals surface area contributed by atoms with E-state index in [1.165, 1.54) is 12.1 Å². The lowest BCUT2D eigenvalue weighted by Crippen LogP contribution is -2.46. The largest absolute Gasteiger partial charge is 0.493 e. The molecule has 0 unspecified atom stereocenters. The molecule has 1 aliphatic rings. The molecule has 1 aromatic heterocycles. The second-order valence-corrected chi connectivity index (χ2v) is 8.35. The number of methoxy groups -OCH3 is 2. The second-order valence-electron chi connectivity index (χ2n) is 7.50. The zero-order valence-corrected chi connectivity index (χ0v) is 18.7. The maximum Gasteiger partial charge on any atom is 0.416 e. The number of hydrogen-bond acceptors (Lipinski definition) is 6. The molecule has 0 atom stereocenters. The maximum atomic E-state index is 13.0. The van der Waals surface area contributed by atoms with Crippen LogP contribution in [0.5, 0.6) is 11.5 Å². The highest BCUT2D eigenvalue weighted by molar-refractivity contribution is 7.13. The van der Waals surface area contributed by atoms with Crippen molar-refractivity contribution in [3.63, 3.8) is 0 Å². The number of piperazine rings is 1. The normalized spacial score (nSPS) is 15.1. The molecule has 170 valence electrons. The van der Waals surface area contributed by atoms with E-state index < -0.39 is 11.7 Å². The van der Waals surface area contributed by atoms with E-state index in [4.69, 9.17) is 14.5 Å². The topological polar surface area (TPSA) is 37.8 Å². The average molecular weight is 464 g/mol. The molecule has 0 bridgehead atoms. The highest BCUT2D eigenvalue weighted by Crippen LogP contribution is 2.39. The Labute approximate surface area is 189 Å². The summed E-state index contributed by atoms with van der Waals surface area (Å²) >= 11 is 1.55. The molecule has 4 rings (SSSR count). The first-order valence-corrected chi connectivity index (χ1v) is 11.1. The predicted molar refractivity (Wildman–Crippen MR) is 120 cm³/mol. The summed E-state index contributed by atoms with van der Waals surface area (Å²) in [7, 11) is 3.22. The third-order valence-electron chi connectivity index (χ3n) is 5.48. The zero-order chi connectivity index (χ0) is 22.7. The van der Waals surface area contributed by atoms with Crippen LogP contribution >= 0.6 is 11.3 Å². The molecule has 0 radical (unpaired) electrons. The minimum Gasteiger partial charge on any atom is -0.493 e. The maximum absolute atomic E-state index is 13.0. The van der Waals surface area contributed by atoms with Crippen LogP contribution in [0.2, 0.25) is 0 Å². The SMILES string of the molecule is COc1cccc(-c2nc(CN3CCN(c4cccc(C(F)(F)F)c4)CC3)cs2)c1OC. The fourth-order valence-corrected chi connectivity index (χ4v) is 4.66. The molecule has 0 aliphatic carbocycles. The summed E-state index contributed by atoms with van der Waals surface area (Å²) in [5, 5.41) is 2.89. The second kappa shape index (κ2) is 9.38. The van der Waals surface area contributed by atoms with E-state index in [1.807, 2.05) is 28.5 Å². The third-order valence-corrected chi connectivity index (χ3v) is 6.41. The minimum absolute atomic E-state index is 0.611. The lowest BCUT2D eigenvalue weighted by molar-refractivity contribution is -0.137. The van der Waals surface area contributed by atoms with Crippen LogP contribution in [0.1, 0.15) is 11.3 Å². The fourth-order valence-electron chi connectivity index (χ4n) is 3.83. The molecule has 1 aliphatic heterocycles. The Morgan fingerprint density at radius 3 is 2.44 bits per heavy atom. The smallest absolute Gasteiger partial charge is 0.416 e. The number of hydrogen-bond donors (Lipinski definition) is 0. The number of halogens is 3. The van der Waals surface area contributed by atoms with Gasteiger partial charge in [-0.1, -0.05) is 12.1 Å². The van der Waals surface area contributed by atoms with E-state index in [0.29, 0.717) is 36.8 Å². The van der Waals surface area contributed by atoms with Gasteiger partial charge in [-0.25, -0.2) is 4.98 Å².